The van der Waals surface area contributed by atoms with Gasteiger partial charge in [0.05, 0.1) is 25.0 Å². The molecule has 2 aromatic carbocycles. The zero-order valence-electron chi connectivity index (χ0n) is 17.9. The Kier molecular flexibility index (Phi) is 5.52. The van der Waals surface area contributed by atoms with Gasteiger partial charge in [0.2, 0.25) is 5.91 Å². The van der Waals surface area contributed by atoms with Gasteiger partial charge in [0.1, 0.15) is 5.82 Å². The zero-order chi connectivity index (χ0) is 23.0. The summed E-state index contributed by atoms with van der Waals surface area (Å²) in [6.45, 7) is 2.18. The van der Waals surface area contributed by atoms with E-state index in [1.807, 2.05) is 25.2 Å². The maximum Gasteiger partial charge on any atom is 0.352 e. The number of aromatic nitrogens is 3. The molecule has 1 aromatic heterocycles. The van der Waals surface area contributed by atoms with Gasteiger partial charge >= 0.3 is 11.2 Å². The summed E-state index contributed by atoms with van der Waals surface area (Å²) in [7, 11) is 3.29. The van der Waals surface area contributed by atoms with Crippen molar-refractivity contribution >= 4 is 17.3 Å². The monoisotopic (exact) mass is 439 g/mol. The van der Waals surface area contributed by atoms with Crippen LogP contribution in [0.3, 0.4) is 0 Å². The molecular weight excluding hydrogens is 417 g/mol. The molecule has 1 aliphatic rings. The number of carbonyl (C=O) groups excluding carboxylic acids is 1. The molecule has 1 aliphatic heterocycles. The number of hydrogen-bond acceptors (Lipinski definition) is 6. The van der Waals surface area contributed by atoms with E-state index in [1.165, 1.54) is 26.2 Å². The molecule has 0 aliphatic carbocycles. The Morgan fingerprint density at radius 3 is 2.72 bits per heavy atom. The van der Waals surface area contributed by atoms with Crippen molar-refractivity contribution in [3.05, 3.63) is 74.2 Å². The second kappa shape index (κ2) is 8.29. The largest absolute Gasteiger partial charge is 0.476 e. The number of rotatable bonds is 5. The van der Waals surface area contributed by atoms with E-state index in [1.54, 1.807) is 0 Å². The predicted molar refractivity (Wildman–Crippen MR) is 117 cm³/mol. The van der Waals surface area contributed by atoms with Gasteiger partial charge in [-0.1, -0.05) is 12.1 Å². The van der Waals surface area contributed by atoms with E-state index in [4.69, 9.17) is 4.74 Å². The Bertz CT molecular complexity index is 1330. The van der Waals surface area contributed by atoms with E-state index in [0.29, 0.717) is 0 Å². The third-order valence-electron chi connectivity index (χ3n) is 5.34. The summed E-state index contributed by atoms with van der Waals surface area (Å²) in [4.78, 5) is 39.5. The van der Waals surface area contributed by atoms with E-state index in [-0.39, 0.29) is 23.8 Å². The molecule has 2 heterocycles. The van der Waals surface area contributed by atoms with Crippen molar-refractivity contribution in [1.82, 2.24) is 14.3 Å². The molecule has 1 N–H and O–H groups in total. The Morgan fingerprint density at radius 1 is 1.22 bits per heavy atom. The van der Waals surface area contributed by atoms with E-state index < -0.39 is 23.0 Å². The van der Waals surface area contributed by atoms with Crippen molar-refractivity contribution < 1.29 is 13.9 Å². The van der Waals surface area contributed by atoms with Crippen molar-refractivity contribution in [2.75, 3.05) is 30.9 Å². The second-order valence-corrected chi connectivity index (χ2v) is 7.57. The Morgan fingerprint density at radius 2 is 2.00 bits per heavy atom. The van der Waals surface area contributed by atoms with Crippen LogP contribution in [-0.4, -0.2) is 41.0 Å². The van der Waals surface area contributed by atoms with Crippen LogP contribution in [0.2, 0.25) is 0 Å². The van der Waals surface area contributed by atoms with Gasteiger partial charge in [0.25, 0.3) is 5.88 Å². The minimum atomic E-state index is -0.714. The molecule has 1 amide bonds. The average Bonchev–Trinajstić information content (AvgIpc) is 3.13. The maximum absolute atomic E-state index is 14.1. The number of likely N-dealkylation sites (N-methyl/N-ethyl adjacent to an activating group) is 1. The van der Waals surface area contributed by atoms with Gasteiger partial charge in [0.15, 0.2) is 0 Å². The lowest BCUT2D eigenvalue weighted by Crippen LogP contribution is -2.41. The van der Waals surface area contributed by atoms with Crippen molar-refractivity contribution in [1.29, 1.82) is 0 Å². The summed E-state index contributed by atoms with van der Waals surface area (Å²) in [5.74, 6) is -1.41. The number of nitrogens with one attached hydrogen (secondary N) is 1. The molecule has 0 bridgehead atoms. The summed E-state index contributed by atoms with van der Waals surface area (Å²) in [6.07, 6.45) is 0.889. The van der Waals surface area contributed by atoms with Gasteiger partial charge in [-0.05, 0) is 41.8 Å². The molecular formula is C22H22FN5O4. The van der Waals surface area contributed by atoms with Gasteiger partial charge in [-0.15, -0.1) is 5.10 Å². The molecule has 0 saturated heterocycles. The molecule has 3 aromatic rings. The topological polar surface area (TPSA) is 98.5 Å². The third kappa shape index (κ3) is 3.86. The summed E-state index contributed by atoms with van der Waals surface area (Å²) in [5, 5.41) is 6.35. The molecule has 0 unspecified atom stereocenters. The highest BCUT2D eigenvalue weighted by molar-refractivity contribution is 5.89. The summed E-state index contributed by atoms with van der Waals surface area (Å²) < 4.78 is 21.1. The first-order valence-corrected chi connectivity index (χ1v) is 9.97. The molecule has 0 saturated carbocycles. The highest BCUT2D eigenvalue weighted by Gasteiger charge is 2.19. The fourth-order valence-corrected chi connectivity index (χ4v) is 3.76. The van der Waals surface area contributed by atoms with Crippen molar-refractivity contribution in [2.45, 2.75) is 19.9 Å². The molecule has 0 atom stereocenters. The van der Waals surface area contributed by atoms with Crippen LogP contribution < -0.4 is 26.2 Å². The average molecular weight is 439 g/mol. The van der Waals surface area contributed by atoms with Crippen LogP contribution >= 0.6 is 0 Å². The Balaban J connectivity index is 1.80. The van der Waals surface area contributed by atoms with E-state index in [2.05, 4.69) is 15.3 Å². The number of halogens is 1. The van der Waals surface area contributed by atoms with Crippen LogP contribution in [-0.2, 0) is 17.8 Å². The number of methoxy groups -OCH3 is 1. The third-order valence-corrected chi connectivity index (χ3v) is 5.34. The molecule has 9 nitrogen and oxygen atoms in total. The Labute approximate surface area is 182 Å². The van der Waals surface area contributed by atoms with Crippen LogP contribution in [0.1, 0.15) is 18.1 Å². The van der Waals surface area contributed by atoms with Crippen molar-refractivity contribution in [3.8, 4) is 11.6 Å². The zero-order valence-corrected chi connectivity index (χ0v) is 17.9. The lowest BCUT2D eigenvalue weighted by Gasteiger charge is -2.14. The first kappa shape index (κ1) is 21.3. The minimum absolute atomic E-state index is 0.0211. The van der Waals surface area contributed by atoms with Gasteiger partial charge in [-0.2, -0.15) is 4.68 Å². The van der Waals surface area contributed by atoms with Gasteiger partial charge < -0.3 is 15.0 Å². The molecule has 0 spiro atoms. The maximum atomic E-state index is 14.1. The van der Waals surface area contributed by atoms with Crippen molar-refractivity contribution in [2.24, 2.45) is 0 Å². The molecule has 0 fully saturated rings. The number of amides is 1. The van der Waals surface area contributed by atoms with Gasteiger partial charge in [-0.25, -0.2) is 13.8 Å². The fraction of sp³-hybridized carbons (Fsp3) is 0.273. The smallest absolute Gasteiger partial charge is 0.352 e. The lowest BCUT2D eigenvalue weighted by molar-refractivity contribution is -0.114. The molecule has 32 heavy (non-hydrogen) atoms. The van der Waals surface area contributed by atoms with Crippen LogP contribution in [0.5, 0.6) is 5.88 Å². The van der Waals surface area contributed by atoms with Crippen molar-refractivity contribution in [3.63, 3.8) is 0 Å². The molecule has 10 heteroatoms. The Hall–Kier alpha value is -3.95. The second-order valence-electron chi connectivity index (χ2n) is 7.57. The summed E-state index contributed by atoms with van der Waals surface area (Å²) >= 11 is 0. The lowest BCUT2D eigenvalue weighted by atomic mass is 10.1. The first-order chi connectivity index (χ1) is 15.3. The molecule has 166 valence electrons. The predicted octanol–water partition coefficient (Wildman–Crippen LogP) is 1.54. The number of benzene rings is 2. The quantitative estimate of drug-likeness (QED) is 0.648. The number of nitrogens with zero attached hydrogens (tertiary/aromatic N) is 4. The SMILES string of the molecule is COc1nn(-c2ccc(F)c(NC(C)=O)c2)c(=O)n(Cc2ccc3c(c2)CCN3C)c1=O. The fourth-order valence-electron chi connectivity index (χ4n) is 3.76. The van der Waals surface area contributed by atoms with E-state index in [9.17, 15) is 18.8 Å². The van der Waals surface area contributed by atoms with Gasteiger partial charge in [0, 0.05) is 26.2 Å². The van der Waals surface area contributed by atoms with E-state index >= 15 is 0 Å². The number of ether oxygens (including phenoxy) is 1. The van der Waals surface area contributed by atoms with Gasteiger partial charge in [-0.3, -0.25) is 9.59 Å². The number of anilines is 2. The highest BCUT2D eigenvalue weighted by atomic mass is 19.1. The minimum Gasteiger partial charge on any atom is -0.476 e. The molecule has 0 radical (unpaired) electrons. The van der Waals surface area contributed by atoms with Crippen LogP contribution in [0, 0.1) is 5.82 Å². The number of carbonyl (C=O) groups is 1. The molecule has 4 rings (SSSR count). The normalized spacial score (nSPS) is 12.6. The summed E-state index contributed by atoms with van der Waals surface area (Å²) in [6, 6.07) is 9.53. The van der Waals surface area contributed by atoms with E-state index in [0.717, 1.165) is 45.1 Å². The highest BCUT2D eigenvalue weighted by Crippen LogP contribution is 2.27. The standard InChI is InChI=1S/C22H22FN5O4/c1-13(29)24-18-11-16(5-6-17(18)23)28-22(31)27(21(30)20(25-28)32-3)12-14-4-7-19-15(10-14)8-9-26(19)2/h4-7,10-11H,8-9,12H2,1-3H3,(H,24,29). The first-order valence-electron chi connectivity index (χ1n) is 9.97. The number of hydrogen-bond donors (Lipinski definition) is 1. The van der Waals surface area contributed by atoms with Crippen LogP contribution in [0.15, 0.2) is 46.0 Å². The summed E-state index contributed by atoms with van der Waals surface area (Å²) in [5.41, 5.74) is 1.74. The van der Waals surface area contributed by atoms with Crippen LogP contribution in [0.4, 0.5) is 15.8 Å². The number of fused-ring (bicyclic) bond motifs is 1. The van der Waals surface area contributed by atoms with Crippen LogP contribution in [0.25, 0.3) is 5.69 Å².